The predicted octanol–water partition coefficient (Wildman–Crippen LogP) is 5.50. The van der Waals surface area contributed by atoms with Gasteiger partial charge in [-0.2, -0.15) is 0 Å². The van der Waals surface area contributed by atoms with E-state index >= 15 is 0 Å². The van der Waals surface area contributed by atoms with Crippen LogP contribution in [0.5, 0.6) is 0 Å². The van der Waals surface area contributed by atoms with Crippen molar-refractivity contribution >= 4 is 53.4 Å². The van der Waals surface area contributed by atoms with Gasteiger partial charge in [-0.25, -0.2) is 0 Å². The van der Waals surface area contributed by atoms with Crippen LogP contribution >= 0.6 is 53.4 Å². The zero-order chi connectivity index (χ0) is 10.5. The van der Waals surface area contributed by atoms with Crippen molar-refractivity contribution in [2.75, 3.05) is 22.2 Å². The second kappa shape index (κ2) is 14.7. The van der Waals surface area contributed by atoms with Crippen LogP contribution in [0.2, 0.25) is 0 Å². The summed E-state index contributed by atoms with van der Waals surface area (Å²) >= 11 is 6.90. The highest BCUT2D eigenvalue weighted by molar-refractivity contribution is 9.09. The summed E-state index contributed by atoms with van der Waals surface area (Å²) in [5, 5.41) is 2.33. The Bertz CT molecular complexity index is 90.1. The van der Waals surface area contributed by atoms with E-state index in [2.05, 4.69) is 53.4 Å². The lowest BCUT2D eigenvalue weighted by molar-refractivity contribution is 0.788. The molecular formula is C10H20Br2S2. The van der Waals surface area contributed by atoms with Crippen LogP contribution in [0.25, 0.3) is 0 Å². The molecule has 14 heavy (non-hydrogen) atoms. The highest BCUT2D eigenvalue weighted by atomic mass is 79.9. The van der Waals surface area contributed by atoms with Crippen molar-refractivity contribution in [1.82, 2.24) is 0 Å². The summed E-state index contributed by atoms with van der Waals surface area (Å²) in [6, 6.07) is 0. The molecule has 0 aliphatic heterocycles. The molecule has 4 heteroatoms. The van der Waals surface area contributed by atoms with Crippen molar-refractivity contribution in [3.05, 3.63) is 0 Å². The Kier molecular flexibility index (Phi) is 16.4. The van der Waals surface area contributed by atoms with Gasteiger partial charge in [-0.1, -0.05) is 66.3 Å². The van der Waals surface area contributed by atoms with Crippen LogP contribution in [0.3, 0.4) is 0 Å². The molecule has 0 spiro atoms. The smallest absolute Gasteiger partial charge is 0.00369 e. The summed E-state index contributed by atoms with van der Waals surface area (Å²) < 4.78 is 0. The Labute approximate surface area is 113 Å². The van der Waals surface area contributed by atoms with E-state index in [-0.39, 0.29) is 0 Å². The Morgan fingerprint density at radius 2 is 1.00 bits per heavy atom. The first-order chi connectivity index (χ1) is 6.91. The van der Waals surface area contributed by atoms with E-state index in [1.54, 1.807) is 0 Å². The molecule has 0 aromatic carbocycles. The predicted molar refractivity (Wildman–Crippen MR) is 80.2 cm³/mol. The van der Waals surface area contributed by atoms with E-state index in [1.807, 2.05) is 0 Å². The minimum absolute atomic E-state index is 1.16. The monoisotopic (exact) mass is 362 g/mol. The maximum absolute atomic E-state index is 3.45. The molecule has 86 valence electrons. The van der Waals surface area contributed by atoms with Gasteiger partial charge in [0.1, 0.15) is 0 Å². The number of unbranched alkanes of at least 4 members (excludes halogenated alkanes) is 4. The molecule has 0 unspecified atom stereocenters. The summed E-state index contributed by atoms with van der Waals surface area (Å²) in [6.45, 7) is 0. The molecule has 0 saturated carbocycles. The van der Waals surface area contributed by atoms with Gasteiger partial charge in [0.25, 0.3) is 0 Å². The van der Waals surface area contributed by atoms with E-state index in [9.17, 15) is 0 Å². The Morgan fingerprint density at radius 1 is 0.571 bits per heavy atom. The number of halogens is 2. The van der Waals surface area contributed by atoms with Crippen molar-refractivity contribution < 1.29 is 0 Å². The van der Waals surface area contributed by atoms with E-state index in [4.69, 9.17) is 0 Å². The van der Waals surface area contributed by atoms with Crippen LogP contribution in [-0.2, 0) is 0 Å². The maximum atomic E-state index is 3.45. The van der Waals surface area contributed by atoms with Gasteiger partial charge in [0, 0.05) is 22.2 Å². The molecule has 0 aliphatic rings. The van der Waals surface area contributed by atoms with E-state index in [0.717, 1.165) is 10.7 Å². The van der Waals surface area contributed by atoms with Crippen molar-refractivity contribution in [3.8, 4) is 0 Å². The normalized spacial score (nSPS) is 10.7. The second-order valence-electron chi connectivity index (χ2n) is 3.14. The Morgan fingerprint density at radius 3 is 1.36 bits per heavy atom. The largest absolute Gasteiger partial charge is 0.0942 e. The fourth-order valence-electron chi connectivity index (χ4n) is 0.982. The molecule has 0 heterocycles. The van der Waals surface area contributed by atoms with Gasteiger partial charge < -0.3 is 0 Å². The molecule has 0 N–H and O–H groups in total. The van der Waals surface area contributed by atoms with Crippen molar-refractivity contribution in [2.45, 2.75) is 38.5 Å². The molecule has 0 amide bonds. The van der Waals surface area contributed by atoms with Crippen molar-refractivity contribution in [1.29, 1.82) is 0 Å². The number of alkyl halides is 2. The average molecular weight is 364 g/mol. The van der Waals surface area contributed by atoms with Crippen LogP contribution in [0.15, 0.2) is 0 Å². The van der Waals surface area contributed by atoms with Crippen molar-refractivity contribution in [2.24, 2.45) is 0 Å². The zero-order valence-electron chi connectivity index (χ0n) is 8.64. The molecule has 0 rings (SSSR count). The lowest BCUT2D eigenvalue weighted by Gasteiger charge is -2.00. The molecule has 0 radical (unpaired) electrons. The second-order valence-corrected chi connectivity index (χ2v) is 7.43. The first kappa shape index (κ1) is 15.7. The highest BCUT2D eigenvalue weighted by Gasteiger charge is 1.92. The average Bonchev–Trinajstić information content (AvgIpc) is 2.21. The first-order valence-corrected chi connectivity index (χ1v) is 10.0. The fraction of sp³-hybridized carbons (Fsp3) is 1.00. The quantitative estimate of drug-likeness (QED) is 0.270. The minimum atomic E-state index is 1.16. The fourth-order valence-corrected chi connectivity index (χ4v) is 4.07. The third-order valence-electron chi connectivity index (χ3n) is 1.81. The standard InChI is InChI=1S/C10H20Br2S2/c11-7-3-1-5-9-13-14-10-6-2-4-8-12/h1-10H2. The maximum Gasteiger partial charge on any atom is 0.00369 e. The third-order valence-corrected chi connectivity index (χ3v) is 5.50. The molecule has 0 aromatic rings. The zero-order valence-corrected chi connectivity index (χ0v) is 13.4. The topological polar surface area (TPSA) is 0 Å². The summed E-state index contributed by atoms with van der Waals surface area (Å²) in [7, 11) is 4.10. The third kappa shape index (κ3) is 13.7. The van der Waals surface area contributed by atoms with Gasteiger partial charge in [0.05, 0.1) is 0 Å². The van der Waals surface area contributed by atoms with Crippen LogP contribution < -0.4 is 0 Å². The highest BCUT2D eigenvalue weighted by Crippen LogP contribution is 2.24. The molecular weight excluding hydrogens is 344 g/mol. The molecule has 0 aliphatic carbocycles. The molecule has 0 saturated heterocycles. The van der Waals surface area contributed by atoms with Gasteiger partial charge in [-0.15, -0.1) is 0 Å². The number of rotatable bonds is 11. The van der Waals surface area contributed by atoms with Gasteiger partial charge in [0.15, 0.2) is 0 Å². The molecule has 0 atom stereocenters. The lowest BCUT2D eigenvalue weighted by Crippen LogP contribution is -1.82. The Balaban J connectivity index is 2.78. The number of hydrogen-bond donors (Lipinski definition) is 0. The first-order valence-electron chi connectivity index (χ1n) is 5.28. The molecule has 0 fully saturated rings. The van der Waals surface area contributed by atoms with E-state index in [1.165, 1.54) is 50.0 Å². The SMILES string of the molecule is BrCCCCCSSCCCCCBr. The van der Waals surface area contributed by atoms with E-state index < -0.39 is 0 Å². The summed E-state index contributed by atoms with van der Waals surface area (Å²) in [6.07, 6.45) is 8.17. The summed E-state index contributed by atoms with van der Waals surface area (Å²) in [4.78, 5) is 0. The van der Waals surface area contributed by atoms with Crippen LogP contribution in [0.1, 0.15) is 38.5 Å². The van der Waals surface area contributed by atoms with Gasteiger partial charge in [-0.3, -0.25) is 0 Å². The van der Waals surface area contributed by atoms with Gasteiger partial charge in [0.2, 0.25) is 0 Å². The van der Waals surface area contributed by atoms with Gasteiger partial charge in [-0.05, 0) is 25.7 Å². The molecule has 0 nitrogen and oxygen atoms in total. The molecule has 0 aromatic heterocycles. The lowest BCUT2D eigenvalue weighted by atomic mass is 10.3. The Hall–Kier alpha value is 1.66. The minimum Gasteiger partial charge on any atom is -0.0942 e. The van der Waals surface area contributed by atoms with Crippen molar-refractivity contribution in [3.63, 3.8) is 0 Å². The molecule has 0 bridgehead atoms. The van der Waals surface area contributed by atoms with E-state index in [0.29, 0.717) is 0 Å². The van der Waals surface area contributed by atoms with Gasteiger partial charge >= 0.3 is 0 Å². The van der Waals surface area contributed by atoms with Crippen LogP contribution in [-0.4, -0.2) is 22.2 Å². The van der Waals surface area contributed by atoms with Crippen LogP contribution in [0, 0.1) is 0 Å². The van der Waals surface area contributed by atoms with Crippen LogP contribution in [0.4, 0.5) is 0 Å². The summed E-state index contributed by atoms with van der Waals surface area (Å²) in [5.41, 5.74) is 0. The summed E-state index contributed by atoms with van der Waals surface area (Å²) in [5.74, 6) is 2.66. The number of hydrogen-bond acceptors (Lipinski definition) is 2.